The lowest BCUT2D eigenvalue weighted by Gasteiger charge is -2.39. The molecule has 1 atom stereocenters. The fraction of sp³-hybridized carbons (Fsp3) is 0.316. The molecule has 1 aliphatic rings. The number of anilines is 1. The molecule has 1 saturated heterocycles. The van der Waals surface area contributed by atoms with Gasteiger partial charge < -0.3 is 9.80 Å². The zero-order valence-electron chi connectivity index (χ0n) is 14.4. The van der Waals surface area contributed by atoms with Crippen molar-refractivity contribution < 1.29 is 9.59 Å². The SMILES string of the molecule is Cc1ccc(N2CC(C)N(C(=O)CSc3ccccn3)CC2=O)cc1. The summed E-state index contributed by atoms with van der Waals surface area (Å²) in [6.07, 6.45) is 1.71. The quantitative estimate of drug-likeness (QED) is 0.792. The number of hydrogen-bond donors (Lipinski definition) is 0. The topological polar surface area (TPSA) is 53.5 Å². The van der Waals surface area contributed by atoms with Crippen LogP contribution >= 0.6 is 11.8 Å². The molecule has 1 aromatic heterocycles. The summed E-state index contributed by atoms with van der Waals surface area (Å²) in [6.45, 7) is 4.64. The van der Waals surface area contributed by atoms with E-state index < -0.39 is 0 Å². The summed E-state index contributed by atoms with van der Waals surface area (Å²) >= 11 is 1.40. The van der Waals surface area contributed by atoms with Crippen LogP contribution in [0.1, 0.15) is 12.5 Å². The second kappa shape index (κ2) is 7.70. The number of thioether (sulfide) groups is 1. The van der Waals surface area contributed by atoms with E-state index in [1.54, 1.807) is 16.0 Å². The van der Waals surface area contributed by atoms with E-state index in [9.17, 15) is 9.59 Å². The zero-order chi connectivity index (χ0) is 17.8. The van der Waals surface area contributed by atoms with Gasteiger partial charge in [-0.2, -0.15) is 0 Å². The fourth-order valence-corrected chi connectivity index (χ4v) is 3.56. The number of aryl methyl sites for hydroxylation is 1. The smallest absolute Gasteiger partial charge is 0.246 e. The van der Waals surface area contributed by atoms with Crippen LogP contribution < -0.4 is 4.90 Å². The van der Waals surface area contributed by atoms with Crippen LogP contribution in [0.4, 0.5) is 5.69 Å². The van der Waals surface area contributed by atoms with Gasteiger partial charge in [0.25, 0.3) is 0 Å². The largest absolute Gasteiger partial charge is 0.328 e. The maximum Gasteiger partial charge on any atom is 0.246 e. The summed E-state index contributed by atoms with van der Waals surface area (Å²) in [5.41, 5.74) is 2.04. The molecule has 25 heavy (non-hydrogen) atoms. The van der Waals surface area contributed by atoms with Gasteiger partial charge >= 0.3 is 0 Å². The van der Waals surface area contributed by atoms with Crippen molar-refractivity contribution >= 4 is 29.3 Å². The van der Waals surface area contributed by atoms with E-state index in [-0.39, 0.29) is 24.4 Å². The Bertz CT molecular complexity index is 749. The van der Waals surface area contributed by atoms with Gasteiger partial charge in [0.05, 0.1) is 10.8 Å². The normalized spacial score (nSPS) is 17.7. The third-order valence-electron chi connectivity index (χ3n) is 4.23. The molecule has 1 aliphatic heterocycles. The highest BCUT2D eigenvalue weighted by molar-refractivity contribution is 7.99. The van der Waals surface area contributed by atoms with Gasteiger partial charge in [-0.25, -0.2) is 4.98 Å². The summed E-state index contributed by atoms with van der Waals surface area (Å²) in [5.74, 6) is 0.220. The number of benzene rings is 1. The lowest BCUT2D eigenvalue weighted by atomic mass is 10.1. The average Bonchev–Trinajstić information content (AvgIpc) is 2.63. The maximum absolute atomic E-state index is 12.5. The van der Waals surface area contributed by atoms with Crippen molar-refractivity contribution in [2.24, 2.45) is 0 Å². The number of amides is 2. The van der Waals surface area contributed by atoms with Gasteiger partial charge in [-0.05, 0) is 38.1 Å². The molecule has 0 bridgehead atoms. The van der Waals surface area contributed by atoms with Crippen LogP contribution in [-0.4, -0.2) is 46.6 Å². The number of pyridine rings is 1. The molecular weight excluding hydrogens is 334 g/mol. The summed E-state index contributed by atoms with van der Waals surface area (Å²) < 4.78 is 0. The Morgan fingerprint density at radius 1 is 1.24 bits per heavy atom. The third kappa shape index (κ3) is 4.20. The number of piperazine rings is 1. The number of nitrogens with zero attached hydrogens (tertiary/aromatic N) is 3. The van der Waals surface area contributed by atoms with E-state index in [1.807, 2.05) is 56.3 Å². The van der Waals surface area contributed by atoms with E-state index in [0.29, 0.717) is 12.3 Å². The number of carbonyl (C=O) groups is 2. The highest BCUT2D eigenvalue weighted by atomic mass is 32.2. The van der Waals surface area contributed by atoms with Crippen molar-refractivity contribution in [1.29, 1.82) is 0 Å². The lowest BCUT2D eigenvalue weighted by molar-refractivity contribution is -0.137. The first-order chi connectivity index (χ1) is 12.0. The minimum Gasteiger partial charge on any atom is -0.328 e. The Morgan fingerprint density at radius 3 is 2.68 bits per heavy atom. The molecule has 0 aliphatic carbocycles. The molecule has 130 valence electrons. The van der Waals surface area contributed by atoms with Crippen molar-refractivity contribution in [1.82, 2.24) is 9.88 Å². The molecular formula is C19H21N3O2S. The number of carbonyl (C=O) groups excluding carboxylic acids is 2. The molecule has 0 radical (unpaired) electrons. The Labute approximate surface area is 152 Å². The van der Waals surface area contributed by atoms with Crippen LogP contribution in [0.5, 0.6) is 0 Å². The maximum atomic E-state index is 12.5. The van der Waals surface area contributed by atoms with Crippen molar-refractivity contribution in [3.63, 3.8) is 0 Å². The molecule has 0 N–H and O–H groups in total. The molecule has 2 amide bonds. The van der Waals surface area contributed by atoms with Gasteiger partial charge in [-0.1, -0.05) is 35.5 Å². The molecule has 3 rings (SSSR count). The van der Waals surface area contributed by atoms with Crippen molar-refractivity contribution in [2.45, 2.75) is 24.9 Å². The van der Waals surface area contributed by atoms with Crippen LogP contribution in [0, 0.1) is 6.92 Å². The number of hydrogen-bond acceptors (Lipinski definition) is 4. The van der Waals surface area contributed by atoms with Crippen LogP contribution in [0.2, 0.25) is 0 Å². The van der Waals surface area contributed by atoms with Gasteiger partial charge in [0, 0.05) is 24.5 Å². The Hall–Kier alpha value is -2.34. The molecule has 0 saturated carbocycles. The third-order valence-corrected chi connectivity index (χ3v) is 5.16. The summed E-state index contributed by atoms with van der Waals surface area (Å²) in [7, 11) is 0. The predicted molar refractivity (Wildman–Crippen MR) is 99.7 cm³/mol. The van der Waals surface area contributed by atoms with Crippen molar-refractivity contribution in [3.8, 4) is 0 Å². The minimum atomic E-state index is -0.0434. The van der Waals surface area contributed by atoms with E-state index >= 15 is 0 Å². The molecule has 1 aromatic carbocycles. The van der Waals surface area contributed by atoms with Crippen molar-refractivity contribution in [2.75, 3.05) is 23.7 Å². The first-order valence-corrected chi connectivity index (χ1v) is 9.23. The zero-order valence-corrected chi connectivity index (χ0v) is 15.2. The van der Waals surface area contributed by atoms with E-state index in [2.05, 4.69) is 4.98 Å². The van der Waals surface area contributed by atoms with Gasteiger partial charge in [0.15, 0.2) is 0 Å². The second-order valence-corrected chi connectivity index (χ2v) is 7.16. The van der Waals surface area contributed by atoms with Gasteiger partial charge in [0.1, 0.15) is 6.54 Å². The highest BCUT2D eigenvalue weighted by Gasteiger charge is 2.33. The Balaban J connectivity index is 1.62. The minimum absolute atomic E-state index is 0.0177. The molecule has 2 aromatic rings. The molecule has 2 heterocycles. The summed E-state index contributed by atoms with van der Waals surface area (Å²) in [5, 5.41) is 0.813. The van der Waals surface area contributed by atoms with E-state index in [0.717, 1.165) is 16.3 Å². The second-order valence-electron chi connectivity index (χ2n) is 6.17. The highest BCUT2D eigenvalue weighted by Crippen LogP contribution is 2.22. The Kier molecular flexibility index (Phi) is 5.38. The molecule has 6 heteroatoms. The van der Waals surface area contributed by atoms with Crippen LogP contribution in [0.25, 0.3) is 0 Å². The molecule has 1 fully saturated rings. The monoisotopic (exact) mass is 355 g/mol. The summed E-state index contributed by atoms with van der Waals surface area (Å²) in [6, 6.07) is 13.5. The van der Waals surface area contributed by atoms with Gasteiger partial charge in [0.2, 0.25) is 11.8 Å². The first-order valence-electron chi connectivity index (χ1n) is 8.25. The van der Waals surface area contributed by atoms with Crippen LogP contribution in [0.3, 0.4) is 0 Å². The fourth-order valence-electron chi connectivity index (χ4n) is 2.81. The number of aromatic nitrogens is 1. The van der Waals surface area contributed by atoms with E-state index in [4.69, 9.17) is 0 Å². The van der Waals surface area contributed by atoms with E-state index in [1.165, 1.54) is 11.8 Å². The number of rotatable bonds is 4. The lowest BCUT2D eigenvalue weighted by Crippen LogP contribution is -2.57. The van der Waals surface area contributed by atoms with Crippen LogP contribution in [0.15, 0.2) is 53.7 Å². The van der Waals surface area contributed by atoms with Gasteiger partial charge in [-0.15, -0.1) is 0 Å². The molecule has 0 spiro atoms. The molecule has 5 nitrogen and oxygen atoms in total. The Morgan fingerprint density at radius 2 is 2.00 bits per heavy atom. The van der Waals surface area contributed by atoms with Crippen LogP contribution in [-0.2, 0) is 9.59 Å². The molecule has 1 unspecified atom stereocenters. The van der Waals surface area contributed by atoms with Crippen molar-refractivity contribution in [3.05, 3.63) is 54.2 Å². The van der Waals surface area contributed by atoms with Gasteiger partial charge in [-0.3, -0.25) is 9.59 Å². The summed E-state index contributed by atoms with van der Waals surface area (Å²) in [4.78, 5) is 32.7. The first kappa shape index (κ1) is 17.5. The predicted octanol–water partition coefficient (Wildman–Crippen LogP) is 2.75. The standard InChI is InChI=1S/C19H21N3O2S/c1-14-6-8-16(9-7-14)22-11-15(2)21(12-18(22)23)19(24)13-25-17-5-3-4-10-20-17/h3-10,15H,11-13H2,1-2H3. The average molecular weight is 355 g/mol.